The van der Waals surface area contributed by atoms with Crippen LogP contribution in [-0.4, -0.2) is 34.3 Å². The van der Waals surface area contributed by atoms with Crippen molar-refractivity contribution in [3.05, 3.63) is 12.3 Å². The highest BCUT2D eigenvalue weighted by molar-refractivity contribution is 5.40. The Balaban J connectivity index is 2.23. The molecule has 0 spiro atoms. The van der Waals surface area contributed by atoms with Gasteiger partial charge in [-0.3, -0.25) is 0 Å². The lowest BCUT2D eigenvalue weighted by Gasteiger charge is -2.24. The molecule has 1 aromatic rings. The standard InChI is InChI=1S/C10H16N4O/c1-7-3-5-14(8(7)6-15)10-12-4-2-9(11)13-10/h2,4,7-8,15H,3,5-6H2,1H3,(H2,11,12,13). The van der Waals surface area contributed by atoms with Crippen LogP contribution in [-0.2, 0) is 0 Å². The minimum Gasteiger partial charge on any atom is -0.394 e. The average molecular weight is 208 g/mol. The molecule has 82 valence electrons. The molecule has 2 unspecified atom stereocenters. The van der Waals surface area contributed by atoms with Gasteiger partial charge in [-0.1, -0.05) is 6.92 Å². The number of rotatable bonds is 2. The van der Waals surface area contributed by atoms with Crippen LogP contribution in [0.4, 0.5) is 11.8 Å². The van der Waals surface area contributed by atoms with E-state index in [4.69, 9.17) is 5.73 Å². The molecule has 1 fully saturated rings. The molecule has 0 aromatic carbocycles. The second kappa shape index (κ2) is 4.02. The third-order valence-electron chi connectivity index (χ3n) is 2.99. The Labute approximate surface area is 88.9 Å². The first kappa shape index (κ1) is 10.2. The van der Waals surface area contributed by atoms with Gasteiger partial charge < -0.3 is 15.7 Å². The predicted molar refractivity (Wildman–Crippen MR) is 58.4 cm³/mol. The molecule has 2 atom stereocenters. The van der Waals surface area contributed by atoms with Gasteiger partial charge in [0.2, 0.25) is 5.95 Å². The van der Waals surface area contributed by atoms with E-state index in [1.807, 2.05) is 4.90 Å². The van der Waals surface area contributed by atoms with E-state index in [0.717, 1.165) is 13.0 Å². The van der Waals surface area contributed by atoms with Crippen LogP contribution in [0.1, 0.15) is 13.3 Å². The fourth-order valence-corrected chi connectivity index (χ4v) is 2.04. The molecule has 0 saturated carbocycles. The van der Waals surface area contributed by atoms with Crippen LogP contribution < -0.4 is 10.6 Å². The molecular weight excluding hydrogens is 192 g/mol. The normalized spacial score (nSPS) is 25.9. The van der Waals surface area contributed by atoms with Crippen LogP contribution in [0.3, 0.4) is 0 Å². The lowest BCUT2D eigenvalue weighted by Crippen LogP contribution is -2.36. The number of aliphatic hydroxyl groups is 1. The topological polar surface area (TPSA) is 75.3 Å². The van der Waals surface area contributed by atoms with Gasteiger partial charge >= 0.3 is 0 Å². The van der Waals surface area contributed by atoms with Gasteiger partial charge in [-0.05, 0) is 18.4 Å². The largest absolute Gasteiger partial charge is 0.394 e. The molecule has 0 amide bonds. The Bertz CT molecular complexity index is 344. The van der Waals surface area contributed by atoms with Crippen molar-refractivity contribution in [1.29, 1.82) is 0 Å². The summed E-state index contributed by atoms with van der Waals surface area (Å²) in [6.45, 7) is 3.16. The SMILES string of the molecule is CC1CCN(c2nccc(N)n2)C1CO. The fourth-order valence-electron chi connectivity index (χ4n) is 2.04. The Morgan fingerprint density at radius 3 is 3.13 bits per heavy atom. The summed E-state index contributed by atoms with van der Waals surface area (Å²) in [6, 6.07) is 1.78. The van der Waals surface area contributed by atoms with E-state index >= 15 is 0 Å². The number of aromatic nitrogens is 2. The van der Waals surface area contributed by atoms with Crippen molar-refractivity contribution in [3.8, 4) is 0 Å². The number of aliphatic hydroxyl groups excluding tert-OH is 1. The van der Waals surface area contributed by atoms with Crippen LogP contribution in [0.2, 0.25) is 0 Å². The molecule has 5 heteroatoms. The Morgan fingerprint density at radius 1 is 1.67 bits per heavy atom. The van der Waals surface area contributed by atoms with Gasteiger partial charge in [0.1, 0.15) is 5.82 Å². The molecule has 2 rings (SSSR count). The molecular formula is C10H16N4O. The molecule has 0 bridgehead atoms. The molecule has 15 heavy (non-hydrogen) atoms. The highest BCUT2D eigenvalue weighted by Crippen LogP contribution is 2.26. The summed E-state index contributed by atoms with van der Waals surface area (Å²) >= 11 is 0. The third kappa shape index (κ3) is 1.87. The first-order chi connectivity index (χ1) is 7.22. The molecule has 3 N–H and O–H groups in total. The van der Waals surface area contributed by atoms with E-state index in [9.17, 15) is 5.11 Å². The molecule has 1 saturated heterocycles. The molecule has 2 heterocycles. The van der Waals surface area contributed by atoms with Crippen molar-refractivity contribution in [3.63, 3.8) is 0 Å². The summed E-state index contributed by atoms with van der Waals surface area (Å²) in [5.74, 6) is 1.56. The van der Waals surface area contributed by atoms with Crippen LogP contribution in [0.15, 0.2) is 12.3 Å². The maximum atomic E-state index is 9.31. The Kier molecular flexibility index (Phi) is 2.73. The Hall–Kier alpha value is -1.36. The van der Waals surface area contributed by atoms with Gasteiger partial charge in [0, 0.05) is 12.7 Å². The van der Waals surface area contributed by atoms with Crippen molar-refractivity contribution >= 4 is 11.8 Å². The number of anilines is 2. The molecule has 0 radical (unpaired) electrons. The monoisotopic (exact) mass is 208 g/mol. The van der Waals surface area contributed by atoms with Crippen LogP contribution in [0.5, 0.6) is 0 Å². The highest BCUT2D eigenvalue weighted by Gasteiger charge is 2.32. The predicted octanol–water partition coefficient (Wildman–Crippen LogP) is 0.266. The molecule has 1 aromatic heterocycles. The first-order valence-corrected chi connectivity index (χ1v) is 5.18. The number of hydrogen-bond donors (Lipinski definition) is 2. The van der Waals surface area contributed by atoms with E-state index in [0.29, 0.717) is 17.7 Å². The molecule has 1 aliphatic heterocycles. The summed E-state index contributed by atoms with van der Waals surface area (Å²) in [5.41, 5.74) is 5.61. The number of nitrogens with zero attached hydrogens (tertiary/aromatic N) is 3. The summed E-state index contributed by atoms with van der Waals surface area (Å²) in [6.07, 6.45) is 2.71. The zero-order valence-corrected chi connectivity index (χ0v) is 8.80. The number of nitrogen functional groups attached to an aromatic ring is 1. The second-order valence-corrected chi connectivity index (χ2v) is 3.99. The minimum atomic E-state index is 0.117. The molecule has 5 nitrogen and oxygen atoms in total. The van der Waals surface area contributed by atoms with Crippen molar-refractivity contribution in [1.82, 2.24) is 9.97 Å². The van der Waals surface area contributed by atoms with E-state index in [1.165, 1.54) is 0 Å². The summed E-state index contributed by atoms with van der Waals surface area (Å²) in [4.78, 5) is 10.4. The summed E-state index contributed by atoms with van der Waals surface area (Å²) in [5, 5.41) is 9.31. The van der Waals surface area contributed by atoms with Gasteiger partial charge in [-0.2, -0.15) is 4.98 Å². The van der Waals surface area contributed by atoms with Crippen molar-refractivity contribution in [2.24, 2.45) is 5.92 Å². The fraction of sp³-hybridized carbons (Fsp3) is 0.600. The molecule has 1 aliphatic rings. The van der Waals surface area contributed by atoms with E-state index in [-0.39, 0.29) is 12.6 Å². The lowest BCUT2D eigenvalue weighted by atomic mass is 10.0. The van der Waals surface area contributed by atoms with E-state index in [1.54, 1.807) is 12.3 Å². The summed E-state index contributed by atoms with van der Waals surface area (Å²) in [7, 11) is 0. The van der Waals surface area contributed by atoms with Crippen molar-refractivity contribution in [2.45, 2.75) is 19.4 Å². The second-order valence-electron chi connectivity index (χ2n) is 3.99. The smallest absolute Gasteiger partial charge is 0.227 e. The quantitative estimate of drug-likeness (QED) is 0.729. The highest BCUT2D eigenvalue weighted by atomic mass is 16.3. The number of nitrogens with two attached hydrogens (primary N) is 1. The van der Waals surface area contributed by atoms with Gasteiger partial charge in [0.25, 0.3) is 0 Å². The van der Waals surface area contributed by atoms with Gasteiger partial charge in [-0.15, -0.1) is 0 Å². The lowest BCUT2D eigenvalue weighted by molar-refractivity contribution is 0.244. The zero-order valence-electron chi connectivity index (χ0n) is 8.80. The minimum absolute atomic E-state index is 0.117. The Morgan fingerprint density at radius 2 is 2.47 bits per heavy atom. The van der Waals surface area contributed by atoms with Crippen molar-refractivity contribution < 1.29 is 5.11 Å². The van der Waals surface area contributed by atoms with Gasteiger partial charge in [0.15, 0.2) is 0 Å². The van der Waals surface area contributed by atoms with Crippen LogP contribution in [0, 0.1) is 5.92 Å². The van der Waals surface area contributed by atoms with Crippen LogP contribution >= 0.6 is 0 Å². The van der Waals surface area contributed by atoms with E-state index < -0.39 is 0 Å². The third-order valence-corrected chi connectivity index (χ3v) is 2.99. The maximum absolute atomic E-state index is 9.31. The zero-order chi connectivity index (χ0) is 10.8. The molecule has 0 aliphatic carbocycles. The summed E-state index contributed by atoms with van der Waals surface area (Å²) < 4.78 is 0. The van der Waals surface area contributed by atoms with Gasteiger partial charge in [0.05, 0.1) is 12.6 Å². The average Bonchev–Trinajstić information content (AvgIpc) is 2.59. The van der Waals surface area contributed by atoms with E-state index in [2.05, 4.69) is 16.9 Å². The van der Waals surface area contributed by atoms with Crippen LogP contribution in [0.25, 0.3) is 0 Å². The van der Waals surface area contributed by atoms with Crippen molar-refractivity contribution in [2.75, 3.05) is 23.8 Å². The van der Waals surface area contributed by atoms with Gasteiger partial charge in [-0.25, -0.2) is 4.98 Å². The number of hydrogen-bond acceptors (Lipinski definition) is 5. The maximum Gasteiger partial charge on any atom is 0.227 e. The first-order valence-electron chi connectivity index (χ1n) is 5.18.